The van der Waals surface area contributed by atoms with Crippen LogP contribution in [0.1, 0.15) is 124 Å². The summed E-state index contributed by atoms with van der Waals surface area (Å²) in [6.45, 7) is 11.4. The summed E-state index contributed by atoms with van der Waals surface area (Å²) < 4.78 is 0. The molecule has 122 heavy (non-hydrogen) atoms. The number of aliphatic hydroxyl groups is 1. The lowest BCUT2D eigenvalue weighted by molar-refractivity contribution is -0.149. The van der Waals surface area contributed by atoms with E-state index in [1.54, 1.807) is 102 Å². The van der Waals surface area contributed by atoms with Crippen LogP contribution in [0.25, 0.3) is 21.8 Å². The number of aliphatic hydroxyl groups excluding tert-OH is 1. The second-order valence-electron chi connectivity index (χ2n) is 32.3. The third kappa shape index (κ3) is 25.7. The Balaban J connectivity index is 1.14. The Morgan fingerprint density at radius 2 is 1.04 bits per heavy atom. The van der Waals surface area contributed by atoms with Crippen LogP contribution < -0.4 is 80.2 Å². The summed E-state index contributed by atoms with van der Waals surface area (Å²) >= 11 is 0. The highest BCUT2D eigenvalue weighted by Crippen LogP contribution is 2.29. The second kappa shape index (κ2) is 43.7. The first-order valence-electron chi connectivity index (χ1n) is 40.7. The van der Waals surface area contributed by atoms with Gasteiger partial charge in [-0.05, 0) is 93.4 Å². The van der Waals surface area contributed by atoms with Crippen LogP contribution in [0.3, 0.4) is 0 Å². The lowest BCUT2D eigenvalue weighted by Gasteiger charge is -2.34. The highest BCUT2D eigenvalue weighted by molar-refractivity contribution is 8.76. The lowest BCUT2D eigenvalue weighted by Crippen LogP contribution is -2.63. The Bertz CT molecular complexity index is 4650. The number of imidazole rings is 1. The standard InChI is InChI=1S/C80H111N21O19S2/c1-38(2)23-52-68(108)86-33-63(104)89-51(20-21-62(103)82-9)69(109)92-53(24-39(3)4)74(114)98-65(40(5)6)78(118)95-55(26-44-31-85-50-18-13-11-16-48(44)50)71(111)97-59-36-122-121-35-58(75(115)88-41(7)67(107)90-54(25-43-30-84-49-17-12-10-15-47(43)49)70(110)93-56(72(112)91-52)28-46-32-83-37-87-46)96-73(113)57(29-64(105)106)94-77(117)61-27-45(81)34-101(61)79(119)60-19-14-22-100(60)80(120)66(42(8)102)99-76(59)116/h10-13,15-18,30-32,37-42,45,51-61,65-66,84-85,102H,14,19-29,33-36,81H2,1-9H3,(H,82,103)(H,83,87)(H,86,108)(H,88,115)(H,89,104)(H,90,107)(H,91,112)(H,92,109)(H,93,110)(H,94,117)(H,95,118)(H,96,113)(H,97,111)(H,98,114)(H,99,116)(H,105,106)/t41-,42+,45-,51-,52-,53-,54-,55-,56-,57-,58-,59-,60+,61-,65-,66-/m0/s1. The number of nitrogens with two attached hydrogens (primary N) is 1. The summed E-state index contributed by atoms with van der Waals surface area (Å²) in [5.74, 6) is -19.5. The van der Waals surface area contributed by atoms with Crippen molar-refractivity contribution in [2.24, 2.45) is 23.5 Å². The lowest BCUT2D eigenvalue weighted by atomic mass is 9.98. The summed E-state index contributed by atoms with van der Waals surface area (Å²) in [6.07, 6.45) is 1.43. The first-order valence-corrected chi connectivity index (χ1v) is 43.2. The SMILES string of the molecule is CNC(=O)CC[C@@H]1NC(=O)CNC(=O)[C@H](CC(C)C)NC(=O)[C@H](Cc2cnc[nH]2)NC(=O)[C@H](Cc2c[nH]c3ccccc23)NC(=O)[C@H](C)NC(=O)[C@@H]2CSSC[C@H](NC(=O)[C@H](Cc3c[nH]c4ccccc34)NC(=O)[C@H](C(C)C)NC(=O)[C@H](CC(C)C)NC1=O)C(=O)N[C@@H]([C@@H](C)O)C(=O)N1CCC[C@@H]1C(=O)N1C[C@@H](N)C[C@H]1C(=O)N[C@@H](CC(=O)O)C(=O)N2. The monoisotopic (exact) mass is 1730 g/mol. The van der Waals surface area contributed by atoms with Crippen molar-refractivity contribution >= 4 is 144 Å². The fraction of sp³-hybridized carbons (Fsp3) is 0.550. The maximum Gasteiger partial charge on any atom is 0.305 e. The van der Waals surface area contributed by atoms with E-state index in [0.29, 0.717) is 38.6 Å². The van der Waals surface area contributed by atoms with Crippen molar-refractivity contribution in [3.05, 3.63) is 90.3 Å². The minimum atomic E-state index is -1.99. The fourth-order valence-electron chi connectivity index (χ4n) is 14.9. The number of carboxylic acid groups (broad SMARTS) is 1. The number of carbonyl (C=O) groups excluding carboxylic acids is 16. The number of hydrogen-bond acceptors (Lipinski definition) is 22. The zero-order valence-corrected chi connectivity index (χ0v) is 70.9. The molecule has 0 spiro atoms. The summed E-state index contributed by atoms with van der Waals surface area (Å²) in [7, 11) is 2.93. The Morgan fingerprint density at radius 1 is 0.541 bits per heavy atom. The zero-order chi connectivity index (χ0) is 88.9. The molecular weight excluding hydrogens is 1620 g/mol. The van der Waals surface area contributed by atoms with E-state index >= 15 is 24.0 Å². The number of amides is 16. The van der Waals surface area contributed by atoms with Crippen LogP contribution in [-0.4, -0.2) is 275 Å². The fourth-order valence-corrected chi connectivity index (χ4v) is 17.2. The molecule has 7 heterocycles. The zero-order valence-electron chi connectivity index (χ0n) is 69.3. The van der Waals surface area contributed by atoms with Crippen LogP contribution in [0.15, 0.2) is 73.4 Å². The molecule has 5 aromatic rings. The molecular formula is C80H111N21O19S2. The average molecular weight is 1740 g/mol. The number of benzene rings is 2. The Hall–Kier alpha value is -11.7. The van der Waals surface area contributed by atoms with Gasteiger partial charge in [-0.25, -0.2) is 4.98 Å². The number of aromatic amines is 3. The average Bonchev–Trinajstić information content (AvgIpc) is 1.63. The van der Waals surface area contributed by atoms with E-state index < -0.39 is 228 Å². The van der Waals surface area contributed by atoms with Gasteiger partial charge < -0.3 is 115 Å². The van der Waals surface area contributed by atoms with Gasteiger partial charge in [0.15, 0.2) is 0 Å². The van der Waals surface area contributed by atoms with Crippen molar-refractivity contribution in [1.29, 1.82) is 0 Å². The molecule has 0 aliphatic carbocycles. The van der Waals surface area contributed by atoms with Crippen molar-refractivity contribution < 1.29 is 91.7 Å². The number of nitrogens with one attached hydrogen (secondary N) is 17. The largest absolute Gasteiger partial charge is 0.481 e. The smallest absolute Gasteiger partial charge is 0.305 e. The predicted molar refractivity (Wildman–Crippen MR) is 447 cm³/mol. The van der Waals surface area contributed by atoms with Gasteiger partial charge in [-0.2, -0.15) is 0 Å². The van der Waals surface area contributed by atoms with Crippen molar-refractivity contribution in [3.8, 4) is 0 Å². The number of carboxylic acids is 1. The summed E-state index contributed by atoms with van der Waals surface area (Å²) in [4.78, 5) is 264. The van der Waals surface area contributed by atoms with Crippen LogP contribution in [0, 0.1) is 17.8 Å². The van der Waals surface area contributed by atoms with Gasteiger partial charge in [0.1, 0.15) is 84.6 Å². The highest BCUT2D eigenvalue weighted by Gasteiger charge is 2.48. The van der Waals surface area contributed by atoms with E-state index in [0.717, 1.165) is 31.4 Å². The quantitative estimate of drug-likeness (QED) is 0.0408. The molecule has 4 aliphatic rings. The van der Waals surface area contributed by atoms with Crippen LogP contribution in [0.2, 0.25) is 0 Å². The normalized spacial score (nSPS) is 26.9. The number of fused-ring (bicyclic) bond motifs is 9. The number of para-hydroxylation sites is 2. The van der Waals surface area contributed by atoms with Crippen LogP contribution in [0.5, 0.6) is 0 Å². The Kier molecular flexibility index (Phi) is 33.8. The molecule has 9 rings (SSSR count). The predicted octanol–water partition coefficient (Wildman–Crippen LogP) is -3.19. The first-order chi connectivity index (χ1) is 58.0. The van der Waals surface area contributed by atoms with Crippen LogP contribution in [-0.2, 0) is 101 Å². The number of carbonyl (C=O) groups is 17. The van der Waals surface area contributed by atoms with Gasteiger partial charge >= 0.3 is 5.97 Å². The molecule has 662 valence electrons. The molecule has 40 nitrogen and oxygen atoms in total. The first kappa shape index (κ1) is 94.2. The summed E-state index contributed by atoms with van der Waals surface area (Å²) in [5.41, 5.74) is 8.95. The van der Waals surface area contributed by atoms with E-state index in [1.807, 2.05) is 0 Å². The third-order valence-electron chi connectivity index (χ3n) is 21.4. The van der Waals surface area contributed by atoms with Gasteiger partial charge in [-0.3, -0.25) is 81.5 Å². The van der Waals surface area contributed by atoms with Gasteiger partial charge in [0.25, 0.3) is 0 Å². The van der Waals surface area contributed by atoms with E-state index in [-0.39, 0.29) is 89.1 Å². The second-order valence-corrected chi connectivity index (χ2v) is 34.8. The maximum atomic E-state index is 15.5. The number of aromatic nitrogens is 4. The number of hydrogen-bond donors (Lipinski definition) is 20. The minimum Gasteiger partial charge on any atom is -0.481 e. The molecule has 4 saturated heterocycles. The van der Waals surface area contributed by atoms with Crippen molar-refractivity contribution in [1.82, 2.24) is 104 Å². The van der Waals surface area contributed by atoms with Crippen LogP contribution >= 0.6 is 21.6 Å². The van der Waals surface area contributed by atoms with Gasteiger partial charge in [0, 0.05) is 109 Å². The van der Waals surface area contributed by atoms with Gasteiger partial charge in [0.2, 0.25) is 94.5 Å². The van der Waals surface area contributed by atoms with Crippen molar-refractivity contribution in [2.75, 3.05) is 38.2 Å². The third-order valence-corrected chi connectivity index (χ3v) is 23.8. The van der Waals surface area contributed by atoms with Crippen molar-refractivity contribution in [2.45, 2.75) is 223 Å². The molecule has 2 bridgehead atoms. The molecule has 16 atom stereocenters. The molecule has 42 heteroatoms. The molecule has 21 N–H and O–H groups in total. The Morgan fingerprint density at radius 3 is 1.59 bits per heavy atom. The van der Waals surface area contributed by atoms with Gasteiger partial charge in [-0.15, -0.1) is 0 Å². The topological polar surface area (TPSA) is 592 Å². The number of rotatable bonds is 17. The van der Waals surface area contributed by atoms with Crippen LogP contribution in [0.4, 0.5) is 0 Å². The number of aliphatic carboxylic acids is 1. The molecule has 4 aliphatic heterocycles. The van der Waals surface area contributed by atoms with E-state index in [2.05, 4.69) is 94.4 Å². The Labute approximate surface area is 711 Å². The summed E-state index contributed by atoms with van der Waals surface area (Å²) in [5, 5.41) is 59.6. The van der Waals surface area contributed by atoms with E-state index in [1.165, 1.54) is 33.4 Å². The molecule has 4 fully saturated rings. The minimum absolute atomic E-state index is 0.0190. The van der Waals surface area contributed by atoms with Gasteiger partial charge in [-0.1, -0.05) is 99.5 Å². The van der Waals surface area contributed by atoms with E-state index in [9.17, 15) is 67.7 Å². The molecule has 0 saturated carbocycles. The number of nitrogens with zero attached hydrogens (tertiary/aromatic N) is 3. The molecule has 2 aromatic carbocycles. The number of H-pyrrole nitrogens is 3. The molecule has 3 aromatic heterocycles. The highest BCUT2D eigenvalue weighted by atomic mass is 33.1. The van der Waals surface area contributed by atoms with Crippen molar-refractivity contribution in [3.63, 3.8) is 0 Å². The molecule has 0 unspecified atom stereocenters. The molecule has 0 radical (unpaired) electrons. The molecule has 16 amide bonds. The maximum absolute atomic E-state index is 15.5. The summed E-state index contributed by atoms with van der Waals surface area (Å²) in [6, 6.07) is -9.50. The van der Waals surface area contributed by atoms with E-state index in [4.69, 9.17) is 5.73 Å². The van der Waals surface area contributed by atoms with Gasteiger partial charge in [0.05, 0.1) is 25.4 Å².